The maximum absolute atomic E-state index is 11.8. The number of unbranched alkanes of at least 4 members (excludes halogenated alkanes) is 36. The molecule has 9 heteroatoms. The van der Waals surface area contributed by atoms with Crippen LogP contribution in [-0.2, 0) is 19.2 Å². The molecule has 0 amide bonds. The van der Waals surface area contributed by atoms with Gasteiger partial charge in [-0.3, -0.25) is 0 Å². The Labute approximate surface area is 573 Å². The van der Waals surface area contributed by atoms with Crippen molar-refractivity contribution >= 4 is 47.8 Å². The third-order valence-corrected chi connectivity index (χ3v) is 19.8. The van der Waals surface area contributed by atoms with Crippen molar-refractivity contribution in [3.8, 4) is 0 Å². The molecule has 0 saturated carbocycles. The standard InChI is InChI=1S/4C20H40O2.Sn/c4*1-4-7-10-11-12-13-14-15-18-20(19(21)22,16-8-5-2)17-9-6-3;/h4*4-18H2,1-3H3,(H,21,22);/q;;;;+4/p-4. The number of hydrogen-bond donors (Lipinski definition) is 0. The minimum atomic E-state index is -0.794. The first kappa shape index (κ1) is 96.4. The van der Waals surface area contributed by atoms with Crippen molar-refractivity contribution in [1.29, 1.82) is 0 Å². The van der Waals surface area contributed by atoms with E-state index in [4.69, 9.17) is 0 Å². The zero-order valence-corrected chi connectivity index (χ0v) is 65.0. The van der Waals surface area contributed by atoms with Crippen molar-refractivity contribution < 1.29 is 39.6 Å². The SMILES string of the molecule is CCCCCCCCCCC(CCCC)(CCCC)C(=O)[O-].CCCCCCCCCCC(CCCC)(CCCC)C(=O)[O-].CCCCCCCCCCC(CCCC)(CCCC)C(=O)[O-].CCCCCCCCCCC(CCCC)(CCCC)C(=O)[O-].[Sn+4]. The zero-order chi connectivity index (χ0) is 66.7. The molecule has 0 saturated heterocycles. The molecule has 0 aromatic rings. The van der Waals surface area contributed by atoms with E-state index in [-0.39, 0.29) is 23.9 Å². The summed E-state index contributed by atoms with van der Waals surface area (Å²) >= 11 is 0. The minimum Gasteiger partial charge on any atom is -0.550 e. The number of hydrogen-bond acceptors (Lipinski definition) is 8. The van der Waals surface area contributed by atoms with E-state index in [1.54, 1.807) is 0 Å². The summed E-state index contributed by atoms with van der Waals surface area (Å²) in [6.07, 6.45) is 66.9. The fourth-order valence-corrected chi connectivity index (χ4v) is 13.2. The fraction of sp³-hybridized carbons (Fsp3) is 0.950. The van der Waals surface area contributed by atoms with Crippen LogP contribution in [0.15, 0.2) is 0 Å². The van der Waals surface area contributed by atoms with Gasteiger partial charge in [0.2, 0.25) is 0 Å². The normalized spacial score (nSPS) is 11.6. The maximum Gasteiger partial charge on any atom is 4.00 e. The summed E-state index contributed by atoms with van der Waals surface area (Å²) in [5, 5.41) is 47.0. The smallest absolute Gasteiger partial charge is 0.550 e. The van der Waals surface area contributed by atoms with Gasteiger partial charge in [0.15, 0.2) is 0 Å². The molecule has 0 aromatic carbocycles. The monoisotopic (exact) mass is 1370 g/mol. The van der Waals surface area contributed by atoms with Crippen LogP contribution in [0.25, 0.3) is 0 Å². The summed E-state index contributed by atoms with van der Waals surface area (Å²) in [6, 6.07) is 0. The Morgan fingerprint density at radius 2 is 0.258 bits per heavy atom. The third kappa shape index (κ3) is 54.6. The van der Waals surface area contributed by atoms with Gasteiger partial charge < -0.3 is 39.6 Å². The van der Waals surface area contributed by atoms with Gasteiger partial charge >= 0.3 is 23.9 Å². The third-order valence-electron chi connectivity index (χ3n) is 19.8. The van der Waals surface area contributed by atoms with Crippen molar-refractivity contribution in [2.24, 2.45) is 21.7 Å². The predicted molar refractivity (Wildman–Crippen MR) is 381 cm³/mol. The molecule has 0 N–H and O–H groups in total. The van der Waals surface area contributed by atoms with Gasteiger partial charge in [-0.05, 0) is 77.0 Å². The van der Waals surface area contributed by atoms with E-state index in [2.05, 4.69) is 83.1 Å². The number of carbonyl (C=O) groups is 4. The topological polar surface area (TPSA) is 161 Å². The van der Waals surface area contributed by atoms with Crippen molar-refractivity contribution in [3.63, 3.8) is 0 Å². The molecule has 89 heavy (non-hydrogen) atoms. The number of aliphatic carboxylic acids is 4. The van der Waals surface area contributed by atoms with E-state index in [1.165, 1.54) is 180 Å². The molecular formula is C80H156O8Sn. The van der Waals surface area contributed by atoms with E-state index >= 15 is 0 Å². The average molecular weight is 1360 g/mol. The molecule has 528 valence electrons. The van der Waals surface area contributed by atoms with Crippen LogP contribution in [0.5, 0.6) is 0 Å². The first-order valence-electron chi connectivity index (χ1n) is 39.4. The van der Waals surface area contributed by atoms with Gasteiger partial charge in [0, 0.05) is 45.5 Å². The van der Waals surface area contributed by atoms with Gasteiger partial charge in [-0.25, -0.2) is 0 Å². The predicted octanol–water partition coefficient (Wildman–Crippen LogP) is 22.2. The second kappa shape index (κ2) is 71.0. The average Bonchev–Trinajstić information content (AvgIpc) is 3.60. The Hall–Kier alpha value is -1.32. The van der Waals surface area contributed by atoms with Gasteiger partial charge in [-0.15, -0.1) is 0 Å². The van der Waals surface area contributed by atoms with Crippen LogP contribution in [0, 0.1) is 21.7 Å². The second-order valence-electron chi connectivity index (χ2n) is 28.0. The van der Waals surface area contributed by atoms with Gasteiger partial charge in [-0.2, -0.15) is 0 Å². The van der Waals surface area contributed by atoms with Crippen LogP contribution in [0.3, 0.4) is 0 Å². The van der Waals surface area contributed by atoms with Crippen molar-refractivity contribution in [1.82, 2.24) is 0 Å². The van der Waals surface area contributed by atoms with E-state index < -0.39 is 45.5 Å². The van der Waals surface area contributed by atoms with E-state index in [1.807, 2.05) is 0 Å². The summed E-state index contributed by atoms with van der Waals surface area (Å²) in [5.74, 6) is -3.18. The van der Waals surface area contributed by atoms with Crippen LogP contribution in [0.4, 0.5) is 0 Å². The quantitative estimate of drug-likeness (QED) is 0.0430. The molecule has 0 aliphatic carbocycles. The Bertz CT molecular complexity index is 1230. The second-order valence-corrected chi connectivity index (χ2v) is 28.0. The Kier molecular flexibility index (Phi) is 76.9. The minimum absolute atomic E-state index is 0. The first-order chi connectivity index (χ1) is 42.5. The maximum atomic E-state index is 11.8. The molecule has 0 unspecified atom stereocenters. The largest absolute Gasteiger partial charge is 4.00 e. The Morgan fingerprint density at radius 3 is 0.360 bits per heavy atom. The number of carboxylic acids is 4. The molecule has 0 heterocycles. The number of carboxylic acid groups (broad SMARTS) is 4. The molecule has 0 fully saturated rings. The molecule has 0 bridgehead atoms. The first-order valence-corrected chi connectivity index (χ1v) is 39.4. The van der Waals surface area contributed by atoms with E-state index in [0.29, 0.717) is 0 Å². The van der Waals surface area contributed by atoms with E-state index in [9.17, 15) is 39.6 Å². The summed E-state index contributed by atoms with van der Waals surface area (Å²) in [6.45, 7) is 26.0. The summed E-state index contributed by atoms with van der Waals surface area (Å²) in [5.41, 5.74) is -2.19. The summed E-state index contributed by atoms with van der Waals surface area (Å²) < 4.78 is 0. The van der Waals surface area contributed by atoms with Crippen LogP contribution in [0.2, 0.25) is 0 Å². The number of rotatable bonds is 64. The molecule has 0 aliphatic heterocycles. The van der Waals surface area contributed by atoms with Crippen LogP contribution in [-0.4, -0.2) is 47.8 Å². The summed E-state index contributed by atoms with van der Waals surface area (Å²) in [4.78, 5) is 47.0. The molecule has 0 radical (unpaired) electrons. The summed E-state index contributed by atoms with van der Waals surface area (Å²) in [7, 11) is 0. The molecule has 0 rings (SSSR count). The Morgan fingerprint density at radius 1 is 0.169 bits per heavy atom. The van der Waals surface area contributed by atoms with Gasteiger partial charge in [0.25, 0.3) is 0 Å². The van der Waals surface area contributed by atoms with Crippen molar-refractivity contribution in [3.05, 3.63) is 0 Å². The van der Waals surface area contributed by atoms with Crippen molar-refractivity contribution in [2.45, 2.75) is 468 Å². The van der Waals surface area contributed by atoms with Crippen LogP contribution in [0.1, 0.15) is 468 Å². The molecular weight excluding hydrogens is 1210 g/mol. The fourth-order valence-electron chi connectivity index (χ4n) is 13.2. The molecule has 0 atom stereocenters. The van der Waals surface area contributed by atoms with Gasteiger partial charge in [0.1, 0.15) is 0 Å². The van der Waals surface area contributed by atoms with Crippen LogP contribution < -0.4 is 20.4 Å². The zero-order valence-electron chi connectivity index (χ0n) is 62.2. The van der Waals surface area contributed by atoms with Crippen molar-refractivity contribution in [2.75, 3.05) is 0 Å². The molecule has 0 spiro atoms. The molecule has 0 aromatic heterocycles. The Balaban J connectivity index is -0.000000351. The van der Waals surface area contributed by atoms with Gasteiger partial charge in [-0.1, -0.05) is 391 Å². The molecule has 0 aliphatic rings. The number of carbonyl (C=O) groups excluding carboxylic acids is 4. The van der Waals surface area contributed by atoms with Crippen LogP contribution >= 0.6 is 0 Å². The van der Waals surface area contributed by atoms with E-state index in [0.717, 1.165) is 205 Å². The van der Waals surface area contributed by atoms with Gasteiger partial charge in [0.05, 0.1) is 0 Å². The molecule has 8 nitrogen and oxygen atoms in total.